The Hall–Kier alpha value is -2.84. The van der Waals surface area contributed by atoms with Crippen LogP contribution in [0.2, 0.25) is 0 Å². The summed E-state index contributed by atoms with van der Waals surface area (Å²) in [5.74, 6) is -2.55. The van der Waals surface area contributed by atoms with Crippen molar-refractivity contribution < 1.29 is 27.9 Å². The number of aryl methyl sites for hydroxylation is 2. The number of alkyl halides is 3. The topological polar surface area (TPSA) is 95.1 Å². The fourth-order valence-electron chi connectivity index (χ4n) is 2.17. The third-order valence-corrected chi connectivity index (χ3v) is 3.68. The van der Waals surface area contributed by atoms with Gasteiger partial charge in [0.05, 0.1) is 5.69 Å². The van der Waals surface area contributed by atoms with Gasteiger partial charge in [0.25, 0.3) is 0 Å². The van der Waals surface area contributed by atoms with Crippen LogP contribution >= 0.6 is 0 Å². The Kier molecular flexibility index (Phi) is 8.01. The van der Waals surface area contributed by atoms with Crippen molar-refractivity contribution in [3.8, 4) is 0 Å². The molecule has 1 heterocycles. The molecule has 6 nitrogen and oxygen atoms in total. The lowest BCUT2D eigenvalue weighted by Gasteiger charge is -2.07. The van der Waals surface area contributed by atoms with Gasteiger partial charge in [-0.15, -0.1) is 0 Å². The lowest BCUT2D eigenvalue weighted by Crippen LogP contribution is -2.21. The van der Waals surface area contributed by atoms with E-state index in [1.807, 2.05) is 45.0 Å². The van der Waals surface area contributed by atoms with Crippen molar-refractivity contribution in [1.29, 1.82) is 0 Å². The molecule has 0 radical (unpaired) electrons. The second-order valence-corrected chi connectivity index (χ2v) is 5.82. The molecule has 0 amide bonds. The number of carboxylic acids is 1. The van der Waals surface area contributed by atoms with E-state index in [0.29, 0.717) is 6.42 Å². The maximum Gasteiger partial charge on any atom is 0.490 e. The van der Waals surface area contributed by atoms with Crippen molar-refractivity contribution in [3.63, 3.8) is 0 Å². The first-order chi connectivity index (χ1) is 12.6. The number of aliphatic carboxylic acids is 1. The molecule has 27 heavy (non-hydrogen) atoms. The van der Waals surface area contributed by atoms with Gasteiger partial charge in [-0.1, -0.05) is 6.92 Å². The summed E-state index contributed by atoms with van der Waals surface area (Å²) in [4.78, 5) is 20.7. The van der Waals surface area contributed by atoms with Gasteiger partial charge in [0.2, 0.25) is 0 Å². The molecule has 3 N–H and O–H groups in total. The van der Waals surface area contributed by atoms with E-state index in [1.165, 1.54) is 5.56 Å². The number of aromatic nitrogens is 2. The summed E-state index contributed by atoms with van der Waals surface area (Å²) in [6.07, 6.45) is -3.59. The van der Waals surface area contributed by atoms with Gasteiger partial charge in [0.15, 0.2) is 5.78 Å². The molecule has 1 aromatic carbocycles. The van der Waals surface area contributed by atoms with E-state index in [9.17, 15) is 18.0 Å². The highest BCUT2D eigenvalue weighted by Crippen LogP contribution is 2.15. The molecule has 2 rings (SSSR count). The Labute approximate surface area is 154 Å². The second-order valence-electron chi connectivity index (χ2n) is 5.82. The number of Topliss-reactive ketones (excluding diaryl/α,β-unsaturated/α-hetero) is 1. The zero-order chi connectivity index (χ0) is 20.6. The normalized spacial score (nSPS) is 10.7. The van der Waals surface area contributed by atoms with Crippen molar-refractivity contribution in [3.05, 3.63) is 46.8 Å². The number of nitrogens with one attached hydrogen (secondary N) is 2. The van der Waals surface area contributed by atoms with Crippen LogP contribution in [0.25, 0.3) is 0 Å². The van der Waals surface area contributed by atoms with Crippen LogP contribution in [0, 0.1) is 13.8 Å². The number of nitrogens with zero attached hydrogens (tertiary/aromatic N) is 1. The molecule has 0 atom stereocenters. The third-order valence-electron chi connectivity index (χ3n) is 3.68. The minimum atomic E-state index is -5.08. The smallest absolute Gasteiger partial charge is 0.475 e. The summed E-state index contributed by atoms with van der Waals surface area (Å²) in [7, 11) is 0. The maximum absolute atomic E-state index is 11.8. The summed E-state index contributed by atoms with van der Waals surface area (Å²) in [6.45, 7) is 6.76. The van der Waals surface area contributed by atoms with Crippen molar-refractivity contribution in [1.82, 2.24) is 10.2 Å². The predicted molar refractivity (Wildman–Crippen MR) is 94.8 cm³/mol. The first-order valence-corrected chi connectivity index (χ1v) is 8.24. The number of aromatic amines is 1. The summed E-state index contributed by atoms with van der Waals surface area (Å²) in [5, 5.41) is 17.6. The first kappa shape index (κ1) is 22.2. The van der Waals surface area contributed by atoms with E-state index in [4.69, 9.17) is 9.90 Å². The SMILES string of the molecule is CCCC(=O)c1ccc(NCc2c(C)n[nH]c2C)cc1.O=C(O)C(F)(F)F. The molecule has 0 unspecified atom stereocenters. The molecule has 0 saturated carbocycles. The number of hydrogen-bond donors (Lipinski definition) is 3. The number of carboxylic acid groups (broad SMARTS) is 1. The van der Waals surface area contributed by atoms with Crippen LogP contribution in [0.3, 0.4) is 0 Å². The van der Waals surface area contributed by atoms with Crippen LogP contribution in [0.1, 0.15) is 47.1 Å². The first-order valence-electron chi connectivity index (χ1n) is 8.24. The van der Waals surface area contributed by atoms with Crippen LogP contribution in [0.4, 0.5) is 18.9 Å². The summed E-state index contributed by atoms with van der Waals surface area (Å²) in [5.41, 5.74) is 5.09. The molecule has 0 aliphatic heterocycles. The van der Waals surface area contributed by atoms with Crippen LogP contribution in [-0.4, -0.2) is 33.2 Å². The van der Waals surface area contributed by atoms with E-state index in [1.54, 1.807) is 0 Å². The van der Waals surface area contributed by atoms with Crippen molar-refractivity contribution in [2.24, 2.45) is 0 Å². The van der Waals surface area contributed by atoms with Crippen LogP contribution in [0.15, 0.2) is 24.3 Å². The molecule has 0 fully saturated rings. The number of carbonyl (C=O) groups is 2. The fraction of sp³-hybridized carbons (Fsp3) is 0.389. The molecule has 2 aromatic rings. The van der Waals surface area contributed by atoms with Gasteiger partial charge in [-0.2, -0.15) is 18.3 Å². The van der Waals surface area contributed by atoms with Gasteiger partial charge in [0.1, 0.15) is 0 Å². The fourth-order valence-corrected chi connectivity index (χ4v) is 2.17. The van der Waals surface area contributed by atoms with Gasteiger partial charge in [-0.25, -0.2) is 4.79 Å². The monoisotopic (exact) mass is 385 g/mol. The van der Waals surface area contributed by atoms with Gasteiger partial charge in [-0.3, -0.25) is 9.89 Å². The van der Waals surface area contributed by atoms with E-state index in [-0.39, 0.29) is 5.78 Å². The molecule has 1 aromatic heterocycles. The highest BCUT2D eigenvalue weighted by molar-refractivity contribution is 5.96. The van der Waals surface area contributed by atoms with E-state index < -0.39 is 12.1 Å². The lowest BCUT2D eigenvalue weighted by molar-refractivity contribution is -0.192. The zero-order valence-corrected chi connectivity index (χ0v) is 15.3. The quantitative estimate of drug-likeness (QED) is 0.646. The number of rotatable bonds is 6. The molecule has 0 aliphatic rings. The molecule has 0 aliphatic carbocycles. The Morgan fingerprint density at radius 2 is 1.74 bits per heavy atom. The highest BCUT2D eigenvalue weighted by Gasteiger charge is 2.38. The number of H-pyrrole nitrogens is 1. The Morgan fingerprint density at radius 3 is 2.15 bits per heavy atom. The number of benzene rings is 1. The summed E-state index contributed by atoms with van der Waals surface area (Å²) >= 11 is 0. The highest BCUT2D eigenvalue weighted by atomic mass is 19.4. The van der Waals surface area contributed by atoms with E-state index in [0.717, 1.165) is 35.6 Å². The zero-order valence-electron chi connectivity index (χ0n) is 15.3. The Bertz CT molecular complexity index is 749. The number of ketones is 1. The lowest BCUT2D eigenvalue weighted by atomic mass is 10.1. The molecular weight excluding hydrogens is 363 g/mol. The van der Waals surface area contributed by atoms with Gasteiger partial charge < -0.3 is 10.4 Å². The second kappa shape index (κ2) is 9.75. The molecule has 0 spiro atoms. The Balaban J connectivity index is 0.000000445. The summed E-state index contributed by atoms with van der Waals surface area (Å²) in [6, 6.07) is 7.67. The van der Waals surface area contributed by atoms with Crippen LogP contribution in [0.5, 0.6) is 0 Å². The van der Waals surface area contributed by atoms with Crippen molar-refractivity contribution >= 4 is 17.4 Å². The molecule has 9 heteroatoms. The van der Waals surface area contributed by atoms with Gasteiger partial charge in [-0.05, 0) is 44.5 Å². The number of hydrogen-bond acceptors (Lipinski definition) is 4. The molecular formula is C18H22F3N3O3. The maximum atomic E-state index is 11.8. The van der Waals surface area contributed by atoms with Crippen LogP contribution < -0.4 is 5.32 Å². The van der Waals surface area contributed by atoms with E-state index >= 15 is 0 Å². The third kappa shape index (κ3) is 7.12. The van der Waals surface area contributed by atoms with Crippen LogP contribution in [-0.2, 0) is 11.3 Å². The van der Waals surface area contributed by atoms with Gasteiger partial charge in [0, 0.05) is 35.5 Å². The predicted octanol–water partition coefficient (Wildman–Crippen LogP) is 4.25. The standard InChI is InChI=1S/C16H21N3O.C2HF3O2/c1-4-5-16(20)13-6-8-14(9-7-13)17-10-15-11(2)18-19-12(15)3;3-2(4,5)1(6)7/h6-9,17H,4-5,10H2,1-3H3,(H,18,19);(H,6,7). The average molecular weight is 385 g/mol. The molecule has 148 valence electrons. The number of carbonyl (C=O) groups excluding carboxylic acids is 1. The minimum absolute atomic E-state index is 0.209. The van der Waals surface area contributed by atoms with Crippen molar-refractivity contribution in [2.75, 3.05) is 5.32 Å². The van der Waals surface area contributed by atoms with Gasteiger partial charge >= 0.3 is 12.1 Å². The number of anilines is 1. The number of halogens is 3. The Morgan fingerprint density at radius 1 is 1.19 bits per heavy atom. The summed E-state index contributed by atoms with van der Waals surface area (Å²) < 4.78 is 31.7. The molecule has 0 saturated heterocycles. The molecule has 0 bridgehead atoms. The van der Waals surface area contributed by atoms with Crippen molar-refractivity contribution in [2.45, 2.75) is 46.3 Å². The minimum Gasteiger partial charge on any atom is -0.475 e. The largest absolute Gasteiger partial charge is 0.490 e. The van der Waals surface area contributed by atoms with E-state index in [2.05, 4.69) is 15.5 Å². The average Bonchev–Trinajstić information content (AvgIpc) is 2.91.